The minimum atomic E-state index is 0.879. The first kappa shape index (κ1) is 12.1. The van der Waals surface area contributed by atoms with Crippen LogP contribution in [0.15, 0.2) is 17.1 Å². The van der Waals surface area contributed by atoms with Crippen LogP contribution in [0.4, 0.5) is 5.95 Å². The minimum Gasteiger partial charge on any atom is -0.355 e. The molecule has 0 unspecified atom stereocenters. The van der Waals surface area contributed by atoms with Gasteiger partial charge in [-0.1, -0.05) is 6.92 Å². The molecular formula is C12H18N4S. The molecule has 0 spiro atoms. The number of nitrogens with zero attached hydrogens (tertiary/aromatic N) is 3. The molecule has 0 aliphatic heterocycles. The predicted octanol–water partition coefficient (Wildman–Crippen LogP) is 2.71. The summed E-state index contributed by atoms with van der Waals surface area (Å²) in [5, 5.41) is 5.46. The fourth-order valence-corrected chi connectivity index (χ4v) is 2.36. The Morgan fingerprint density at radius 1 is 1.47 bits per heavy atom. The first-order valence-electron chi connectivity index (χ1n) is 5.94. The van der Waals surface area contributed by atoms with E-state index >= 15 is 0 Å². The Balaban J connectivity index is 1.89. The molecule has 17 heavy (non-hydrogen) atoms. The molecule has 0 aromatic carbocycles. The lowest BCUT2D eigenvalue weighted by atomic mass is 10.3. The normalized spacial score (nSPS) is 10.7. The van der Waals surface area contributed by atoms with E-state index in [-0.39, 0.29) is 0 Å². The average Bonchev–Trinajstić information content (AvgIpc) is 2.90. The number of imidazole rings is 1. The second kappa shape index (κ2) is 5.82. The molecule has 0 amide bonds. The Morgan fingerprint density at radius 2 is 2.35 bits per heavy atom. The number of nitrogens with one attached hydrogen (secondary N) is 1. The van der Waals surface area contributed by atoms with E-state index in [2.05, 4.69) is 38.4 Å². The number of rotatable bonds is 6. The van der Waals surface area contributed by atoms with Gasteiger partial charge in [-0.25, -0.2) is 9.97 Å². The third kappa shape index (κ3) is 3.30. The molecule has 0 aliphatic rings. The lowest BCUT2D eigenvalue weighted by Gasteiger charge is -2.07. The highest BCUT2D eigenvalue weighted by molar-refractivity contribution is 7.07. The second-order valence-corrected chi connectivity index (χ2v) is 4.77. The van der Waals surface area contributed by atoms with Gasteiger partial charge < -0.3 is 9.88 Å². The van der Waals surface area contributed by atoms with Crippen LogP contribution in [-0.4, -0.2) is 21.1 Å². The lowest BCUT2D eigenvalue weighted by molar-refractivity contribution is 0.681. The van der Waals surface area contributed by atoms with E-state index in [1.54, 1.807) is 11.3 Å². The zero-order valence-electron chi connectivity index (χ0n) is 10.3. The summed E-state index contributed by atoms with van der Waals surface area (Å²) in [6.45, 7) is 6.09. The Labute approximate surface area is 106 Å². The van der Waals surface area contributed by atoms with Gasteiger partial charge in [0.25, 0.3) is 0 Å². The quantitative estimate of drug-likeness (QED) is 0.857. The maximum Gasteiger partial charge on any atom is 0.203 e. The zero-order chi connectivity index (χ0) is 12.1. The largest absolute Gasteiger partial charge is 0.355 e. The van der Waals surface area contributed by atoms with Crippen molar-refractivity contribution in [3.05, 3.63) is 28.5 Å². The summed E-state index contributed by atoms with van der Waals surface area (Å²) in [5.41, 5.74) is 4.08. The van der Waals surface area contributed by atoms with Crippen molar-refractivity contribution in [2.45, 2.75) is 33.2 Å². The van der Waals surface area contributed by atoms with E-state index in [4.69, 9.17) is 0 Å². The molecule has 0 radical (unpaired) electrons. The van der Waals surface area contributed by atoms with Gasteiger partial charge in [0.15, 0.2) is 0 Å². The molecule has 92 valence electrons. The maximum absolute atomic E-state index is 4.48. The van der Waals surface area contributed by atoms with Crippen LogP contribution in [0.25, 0.3) is 0 Å². The SMILES string of the molecule is CCCn1cc(C)nc1NCCc1cscn1. The Bertz CT molecular complexity index is 447. The van der Waals surface area contributed by atoms with Gasteiger partial charge in [0.2, 0.25) is 5.95 Å². The number of anilines is 1. The van der Waals surface area contributed by atoms with Crippen LogP contribution in [-0.2, 0) is 13.0 Å². The first-order valence-corrected chi connectivity index (χ1v) is 6.88. The van der Waals surface area contributed by atoms with Gasteiger partial charge >= 0.3 is 0 Å². The Morgan fingerprint density at radius 3 is 3.06 bits per heavy atom. The van der Waals surface area contributed by atoms with Crippen LogP contribution in [0.1, 0.15) is 24.7 Å². The van der Waals surface area contributed by atoms with Gasteiger partial charge in [-0.15, -0.1) is 11.3 Å². The molecule has 0 fully saturated rings. The fourth-order valence-electron chi connectivity index (χ4n) is 1.76. The van der Waals surface area contributed by atoms with Crippen LogP contribution < -0.4 is 5.32 Å². The standard InChI is InChI=1S/C12H18N4S/c1-3-6-16-7-10(2)15-12(16)13-5-4-11-8-17-9-14-11/h7-9H,3-6H2,1-2H3,(H,13,15). The number of hydrogen-bond donors (Lipinski definition) is 1. The maximum atomic E-state index is 4.48. The summed E-state index contributed by atoms with van der Waals surface area (Å²) in [6, 6.07) is 0. The van der Waals surface area contributed by atoms with Crippen LogP contribution in [0.3, 0.4) is 0 Å². The Kier molecular flexibility index (Phi) is 4.14. The highest BCUT2D eigenvalue weighted by atomic mass is 32.1. The van der Waals surface area contributed by atoms with Crippen molar-refractivity contribution in [1.82, 2.24) is 14.5 Å². The van der Waals surface area contributed by atoms with Gasteiger partial charge in [0.05, 0.1) is 16.9 Å². The van der Waals surface area contributed by atoms with Gasteiger partial charge in [-0.2, -0.15) is 0 Å². The predicted molar refractivity (Wildman–Crippen MR) is 71.6 cm³/mol. The van der Waals surface area contributed by atoms with Gasteiger partial charge in [0, 0.05) is 31.1 Å². The van der Waals surface area contributed by atoms with Crippen LogP contribution in [0.5, 0.6) is 0 Å². The van der Waals surface area contributed by atoms with E-state index < -0.39 is 0 Å². The highest BCUT2D eigenvalue weighted by Crippen LogP contribution is 2.09. The van der Waals surface area contributed by atoms with E-state index in [1.807, 2.05) is 12.4 Å². The molecule has 0 aliphatic carbocycles. The fraction of sp³-hybridized carbons (Fsp3) is 0.500. The second-order valence-electron chi connectivity index (χ2n) is 4.06. The molecule has 5 heteroatoms. The molecular weight excluding hydrogens is 232 g/mol. The van der Waals surface area contributed by atoms with E-state index in [0.29, 0.717) is 0 Å². The highest BCUT2D eigenvalue weighted by Gasteiger charge is 2.04. The third-order valence-electron chi connectivity index (χ3n) is 2.51. The summed E-state index contributed by atoms with van der Waals surface area (Å²) in [5.74, 6) is 0.972. The van der Waals surface area contributed by atoms with Crippen LogP contribution in [0.2, 0.25) is 0 Å². The monoisotopic (exact) mass is 250 g/mol. The van der Waals surface area contributed by atoms with Crippen molar-refractivity contribution in [2.24, 2.45) is 0 Å². The van der Waals surface area contributed by atoms with Crippen molar-refractivity contribution in [1.29, 1.82) is 0 Å². The van der Waals surface area contributed by atoms with E-state index in [1.165, 1.54) is 0 Å². The molecule has 2 aromatic rings. The van der Waals surface area contributed by atoms with Gasteiger partial charge in [0.1, 0.15) is 0 Å². The lowest BCUT2D eigenvalue weighted by Crippen LogP contribution is -2.10. The van der Waals surface area contributed by atoms with Crippen molar-refractivity contribution >= 4 is 17.3 Å². The number of aromatic nitrogens is 3. The third-order valence-corrected chi connectivity index (χ3v) is 3.14. The molecule has 0 saturated heterocycles. The first-order chi connectivity index (χ1) is 8.29. The number of aryl methyl sites for hydroxylation is 2. The average molecular weight is 250 g/mol. The molecule has 4 nitrogen and oxygen atoms in total. The van der Waals surface area contributed by atoms with Gasteiger partial charge in [-0.05, 0) is 13.3 Å². The number of hydrogen-bond acceptors (Lipinski definition) is 4. The Hall–Kier alpha value is -1.36. The van der Waals surface area contributed by atoms with Crippen molar-refractivity contribution < 1.29 is 0 Å². The van der Waals surface area contributed by atoms with Crippen molar-refractivity contribution in [2.75, 3.05) is 11.9 Å². The van der Waals surface area contributed by atoms with E-state index in [9.17, 15) is 0 Å². The summed E-state index contributed by atoms with van der Waals surface area (Å²) in [4.78, 5) is 8.74. The zero-order valence-corrected chi connectivity index (χ0v) is 11.1. The molecule has 2 aromatic heterocycles. The molecule has 0 saturated carbocycles. The molecule has 2 rings (SSSR count). The summed E-state index contributed by atoms with van der Waals surface area (Å²) >= 11 is 1.64. The van der Waals surface area contributed by atoms with Crippen molar-refractivity contribution in [3.63, 3.8) is 0 Å². The summed E-state index contributed by atoms with van der Waals surface area (Å²) < 4.78 is 2.18. The number of thiazole rings is 1. The molecule has 0 atom stereocenters. The van der Waals surface area contributed by atoms with Gasteiger partial charge in [-0.3, -0.25) is 0 Å². The summed E-state index contributed by atoms with van der Waals surface area (Å²) in [6.07, 6.45) is 4.16. The van der Waals surface area contributed by atoms with Crippen LogP contribution >= 0.6 is 11.3 Å². The minimum absolute atomic E-state index is 0.879. The molecule has 2 heterocycles. The summed E-state index contributed by atoms with van der Waals surface area (Å²) in [7, 11) is 0. The topological polar surface area (TPSA) is 42.7 Å². The smallest absolute Gasteiger partial charge is 0.203 e. The molecule has 1 N–H and O–H groups in total. The molecule has 0 bridgehead atoms. The van der Waals surface area contributed by atoms with Crippen molar-refractivity contribution in [3.8, 4) is 0 Å². The van der Waals surface area contributed by atoms with E-state index in [0.717, 1.165) is 43.3 Å². The van der Waals surface area contributed by atoms with Crippen LogP contribution in [0, 0.1) is 6.92 Å².